The highest BCUT2D eigenvalue weighted by Gasteiger charge is 2.49. The van der Waals surface area contributed by atoms with E-state index in [4.69, 9.17) is 4.52 Å². The van der Waals surface area contributed by atoms with E-state index < -0.39 is 11.6 Å². The van der Waals surface area contributed by atoms with Gasteiger partial charge in [-0.15, -0.1) is 0 Å². The molecule has 0 bridgehead atoms. The fraction of sp³-hybridized carbons (Fsp3) is 0.273. The zero-order chi connectivity index (χ0) is 21.5. The molecular formula is C22H21BrN4O3. The van der Waals surface area contributed by atoms with Crippen LogP contribution in [-0.2, 0) is 16.9 Å². The van der Waals surface area contributed by atoms with Crippen molar-refractivity contribution in [1.29, 1.82) is 0 Å². The van der Waals surface area contributed by atoms with Crippen molar-refractivity contribution in [3.8, 4) is 11.4 Å². The SMILES string of the molecule is CC(C)c1ccc(-c2noc(CN3C(=O)N[C@@](C)(c4cccc(Br)c4)C3=O)n2)cc1. The molecule has 0 saturated carbocycles. The van der Waals surface area contributed by atoms with Crippen molar-refractivity contribution in [2.24, 2.45) is 0 Å². The van der Waals surface area contributed by atoms with E-state index in [-0.39, 0.29) is 18.3 Å². The van der Waals surface area contributed by atoms with Gasteiger partial charge in [0.2, 0.25) is 11.7 Å². The van der Waals surface area contributed by atoms with E-state index in [0.717, 1.165) is 14.9 Å². The quantitative estimate of drug-likeness (QED) is 0.553. The molecule has 154 valence electrons. The normalized spacial score (nSPS) is 18.9. The van der Waals surface area contributed by atoms with Crippen molar-refractivity contribution in [3.05, 3.63) is 70.0 Å². The average molecular weight is 469 g/mol. The first-order chi connectivity index (χ1) is 14.3. The summed E-state index contributed by atoms with van der Waals surface area (Å²) in [5.41, 5.74) is 1.56. The predicted molar refractivity (Wildman–Crippen MR) is 114 cm³/mol. The number of nitrogens with one attached hydrogen (secondary N) is 1. The van der Waals surface area contributed by atoms with Crippen LogP contribution in [0.2, 0.25) is 0 Å². The lowest BCUT2D eigenvalue weighted by Crippen LogP contribution is -2.40. The topological polar surface area (TPSA) is 88.3 Å². The lowest BCUT2D eigenvalue weighted by atomic mass is 9.92. The minimum absolute atomic E-state index is 0.0919. The number of carbonyl (C=O) groups excluding carboxylic acids is 2. The number of carbonyl (C=O) groups is 2. The Morgan fingerprint density at radius 2 is 1.90 bits per heavy atom. The summed E-state index contributed by atoms with van der Waals surface area (Å²) in [5.74, 6) is 0.674. The third-order valence-corrected chi connectivity index (χ3v) is 5.77. The van der Waals surface area contributed by atoms with Crippen LogP contribution in [0, 0.1) is 0 Å². The van der Waals surface area contributed by atoms with Gasteiger partial charge in [0.15, 0.2) is 0 Å². The molecule has 7 nitrogen and oxygen atoms in total. The first-order valence-electron chi connectivity index (χ1n) is 9.61. The van der Waals surface area contributed by atoms with Gasteiger partial charge in [0.25, 0.3) is 5.91 Å². The summed E-state index contributed by atoms with van der Waals surface area (Å²) < 4.78 is 6.13. The van der Waals surface area contributed by atoms with Crippen LogP contribution in [0.4, 0.5) is 4.79 Å². The number of hydrogen-bond donors (Lipinski definition) is 1. The average Bonchev–Trinajstić information content (AvgIpc) is 3.27. The van der Waals surface area contributed by atoms with Gasteiger partial charge >= 0.3 is 6.03 Å². The molecular weight excluding hydrogens is 448 g/mol. The molecule has 30 heavy (non-hydrogen) atoms. The molecule has 0 radical (unpaired) electrons. The van der Waals surface area contributed by atoms with Crippen LogP contribution in [0.5, 0.6) is 0 Å². The van der Waals surface area contributed by atoms with Crippen molar-refractivity contribution in [1.82, 2.24) is 20.4 Å². The Bertz CT molecular complexity index is 1110. The number of aromatic nitrogens is 2. The van der Waals surface area contributed by atoms with Crippen molar-refractivity contribution in [3.63, 3.8) is 0 Å². The Kier molecular flexibility index (Phi) is 5.19. The number of benzene rings is 2. The third-order valence-electron chi connectivity index (χ3n) is 5.27. The molecule has 0 unspecified atom stereocenters. The van der Waals surface area contributed by atoms with E-state index in [1.165, 1.54) is 5.56 Å². The standard InChI is InChI=1S/C22H21BrN4O3/c1-13(2)14-7-9-15(10-8-14)19-24-18(30-26-19)12-27-20(28)22(3,25-21(27)29)16-5-4-6-17(23)11-16/h4-11,13H,12H2,1-3H3,(H,25,29)/t22-/m0/s1. The Balaban J connectivity index is 1.54. The molecule has 4 rings (SSSR count). The van der Waals surface area contributed by atoms with E-state index in [9.17, 15) is 9.59 Å². The van der Waals surface area contributed by atoms with Gasteiger partial charge < -0.3 is 9.84 Å². The highest BCUT2D eigenvalue weighted by molar-refractivity contribution is 9.10. The zero-order valence-electron chi connectivity index (χ0n) is 16.8. The van der Waals surface area contributed by atoms with Crippen LogP contribution in [0.15, 0.2) is 57.5 Å². The summed E-state index contributed by atoms with van der Waals surface area (Å²) in [6.07, 6.45) is 0. The monoisotopic (exact) mass is 468 g/mol. The molecule has 1 aliphatic heterocycles. The van der Waals surface area contributed by atoms with E-state index >= 15 is 0 Å². The number of amides is 3. The van der Waals surface area contributed by atoms with E-state index in [0.29, 0.717) is 17.3 Å². The van der Waals surface area contributed by atoms with Gasteiger partial charge in [-0.3, -0.25) is 9.69 Å². The first-order valence-corrected chi connectivity index (χ1v) is 10.4. The molecule has 1 aromatic heterocycles. The van der Waals surface area contributed by atoms with Gasteiger partial charge in [0.05, 0.1) is 0 Å². The van der Waals surface area contributed by atoms with E-state index in [2.05, 4.69) is 45.2 Å². The number of halogens is 1. The molecule has 8 heteroatoms. The maximum absolute atomic E-state index is 13.1. The van der Waals surface area contributed by atoms with Gasteiger partial charge in [-0.1, -0.05) is 71.3 Å². The van der Waals surface area contributed by atoms with Crippen molar-refractivity contribution >= 4 is 27.9 Å². The molecule has 3 aromatic rings. The summed E-state index contributed by atoms with van der Waals surface area (Å²) in [7, 11) is 0. The molecule has 1 saturated heterocycles. The Morgan fingerprint density at radius 1 is 1.17 bits per heavy atom. The van der Waals surface area contributed by atoms with Crippen LogP contribution < -0.4 is 5.32 Å². The minimum Gasteiger partial charge on any atom is -0.337 e. The second kappa shape index (κ2) is 7.68. The van der Waals surface area contributed by atoms with E-state index in [1.807, 2.05) is 42.5 Å². The predicted octanol–water partition coefficient (Wildman–Crippen LogP) is 4.59. The molecule has 1 atom stereocenters. The molecule has 0 aliphatic carbocycles. The zero-order valence-corrected chi connectivity index (χ0v) is 18.4. The smallest absolute Gasteiger partial charge is 0.325 e. The number of urea groups is 1. The number of imide groups is 1. The maximum Gasteiger partial charge on any atom is 0.325 e. The second-order valence-corrected chi connectivity index (χ2v) is 8.66. The molecule has 2 aromatic carbocycles. The van der Waals surface area contributed by atoms with Crippen LogP contribution >= 0.6 is 15.9 Å². The molecule has 2 heterocycles. The number of rotatable bonds is 5. The summed E-state index contributed by atoms with van der Waals surface area (Å²) in [6, 6.07) is 14.7. The van der Waals surface area contributed by atoms with Crippen LogP contribution in [0.3, 0.4) is 0 Å². The van der Waals surface area contributed by atoms with Gasteiger partial charge in [-0.25, -0.2) is 4.79 Å². The first kappa shape index (κ1) is 20.3. The molecule has 0 spiro atoms. The number of hydrogen-bond acceptors (Lipinski definition) is 5. The largest absolute Gasteiger partial charge is 0.337 e. The molecule has 1 N–H and O–H groups in total. The Labute approximate surface area is 182 Å². The Hall–Kier alpha value is -3.00. The van der Waals surface area contributed by atoms with Gasteiger partial charge in [0.1, 0.15) is 12.1 Å². The molecule has 1 fully saturated rings. The lowest BCUT2D eigenvalue weighted by molar-refractivity contribution is -0.131. The highest BCUT2D eigenvalue weighted by Crippen LogP contribution is 2.31. The molecule has 1 aliphatic rings. The summed E-state index contributed by atoms with van der Waals surface area (Å²) in [4.78, 5) is 31.1. The maximum atomic E-state index is 13.1. The van der Waals surface area contributed by atoms with Crippen LogP contribution in [0.1, 0.15) is 43.7 Å². The van der Waals surface area contributed by atoms with Crippen molar-refractivity contribution < 1.29 is 14.1 Å². The minimum atomic E-state index is -1.16. The van der Waals surface area contributed by atoms with Crippen LogP contribution in [-0.4, -0.2) is 27.0 Å². The lowest BCUT2D eigenvalue weighted by Gasteiger charge is -2.22. The third kappa shape index (κ3) is 3.63. The van der Waals surface area contributed by atoms with Gasteiger partial charge in [-0.05, 0) is 36.1 Å². The highest BCUT2D eigenvalue weighted by atomic mass is 79.9. The fourth-order valence-electron chi connectivity index (χ4n) is 3.42. The van der Waals surface area contributed by atoms with Crippen molar-refractivity contribution in [2.75, 3.05) is 0 Å². The Morgan fingerprint density at radius 3 is 2.57 bits per heavy atom. The van der Waals surface area contributed by atoms with Gasteiger partial charge in [-0.2, -0.15) is 4.98 Å². The number of nitrogens with zero attached hydrogens (tertiary/aromatic N) is 3. The van der Waals surface area contributed by atoms with Gasteiger partial charge in [0, 0.05) is 10.0 Å². The molecule has 3 amide bonds. The van der Waals surface area contributed by atoms with Crippen LogP contribution in [0.25, 0.3) is 11.4 Å². The summed E-state index contributed by atoms with van der Waals surface area (Å²) in [5, 5.41) is 6.77. The fourth-order valence-corrected chi connectivity index (χ4v) is 3.82. The summed E-state index contributed by atoms with van der Waals surface area (Å²) >= 11 is 3.40. The van der Waals surface area contributed by atoms with Crippen molar-refractivity contribution in [2.45, 2.75) is 38.8 Å². The van der Waals surface area contributed by atoms with E-state index in [1.54, 1.807) is 13.0 Å². The summed E-state index contributed by atoms with van der Waals surface area (Å²) in [6.45, 7) is 5.85. The second-order valence-electron chi connectivity index (χ2n) is 7.75.